The van der Waals surface area contributed by atoms with Crippen molar-refractivity contribution >= 4 is 104 Å². The van der Waals surface area contributed by atoms with Gasteiger partial charge in [0.25, 0.3) is 0 Å². The Morgan fingerprint density at radius 1 is 0.420 bits per heavy atom. The van der Waals surface area contributed by atoms with Crippen molar-refractivity contribution in [1.29, 1.82) is 0 Å². The Morgan fingerprint density at radius 2 is 0.716 bits per heavy atom. The van der Waals surface area contributed by atoms with Gasteiger partial charge in [-0.15, -0.1) is 0 Å². The number of amides is 11. The van der Waals surface area contributed by atoms with Crippen molar-refractivity contribution in [2.45, 2.75) is 98.8 Å². The molecule has 0 aliphatic rings. The van der Waals surface area contributed by atoms with Gasteiger partial charge in [0.05, 0.1) is 77.4 Å². The molecule has 0 fully saturated rings. The van der Waals surface area contributed by atoms with Gasteiger partial charge in [-0.2, -0.15) is 0 Å². The number of hydrogen-bond acceptors (Lipinski definition) is 17. The van der Waals surface area contributed by atoms with Crippen LogP contribution in [0.5, 0.6) is 0 Å². The lowest BCUT2D eigenvalue weighted by atomic mass is 10.0. The zero-order valence-electron chi connectivity index (χ0n) is 50.2. The lowest BCUT2D eigenvalue weighted by Crippen LogP contribution is -2.49. The molecule has 0 unspecified atom stereocenters. The lowest BCUT2D eigenvalue weighted by molar-refractivity contribution is -0.146. The van der Waals surface area contributed by atoms with Crippen molar-refractivity contribution in [1.82, 2.24) is 54.3 Å². The molecule has 0 aliphatic heterocycles. The van der Waals surface area contributed by atoms with Crippen LogP contribution in [0.15, 0.2) is 0 Å². The third-order valence-corrected chi connectivity index (χ3v) is 15.7. The molecular formula is C53H93N11O15S2. The summed E-state index contributed by atoms with van der Waals surface area (Å²) in [5, 5.41) is 2.54. The summed E-state index contributed by atoms with van der Waals surface area (Å²) in [6.45, 7) is 8.61. The third kappa shape index (κ3) is 30.9. The number of nitrogens with zero attached hydrogens (tertiary/aromatic N) is 10. The van der Waals surface area contributed by atoms with Gasteiger partial charge in [-0.05, 0) is 33.6 Å². The van der Waals surface area contributed by atoms with E-state index in [1.165, 1.54) is 75.4 Å². The van der Waals surface area contributed by atoms with E-state index in [4.69, 9.17) is 4.74 Å². The summed E-state index contributed by atoms with van der Waals surface area (Å²) in [6, 6.07) is -0.740. The van der Waals surface area contributed by atoms with E-state index in [1.807, 2.05) is 13.8 Å². The van der Waals surface area contributed by atoms with Crippen molar-refractivity contribution < 1.29 is 71.9 Å². The first kappa shape index (κ1) is 76.7. The summed E-state index contributed by atoms with van der Waals surface area (Å²) < 4.78 is 4.99. The molecule has 462 valence electrons. The first-order valence-electron chi connectivity index (χ1n) is 26.1. The fourth-order valence-corrected chi connectivity index (χ4v) is 9.05. The molecule has 0 bridgehead atoms. The number of carbonyl (C=O) groups excluding carboxylic acids is 14. The van der Waals surface area contributed by atoms with Gasteiger partial charge < -0.3 is 59.1 Å². The van der Waals surface area contributed by atoms with Crippen molar-refractivity contribution in [2.24, 2.45) is 11.8 Å². The molecule has 1 atom stereocenters. The van der Waals surface area contributed by atoms with Crippen molar-refractivity contribution in [3.8, 4) is 0 Å². The molecule has 0 saturated heterocycles. The number of esters is 1. The van der Waals surface area contributed by atoms with E-state index in [-0.39, 0.29) is 73.4 Å². The number of nitrogens with one attached hydrogen (secondary N) is 1. The summed E-state index contributed by atoms with van der Waals surface area (Å²) >= 11 is 0. The zero-order valence-corrected chi connectivity index (χ0v) is 51.8. The standard InChI is InChI=1S/C52H89N11O15S2.CH4/c1-35(2)50(76)37(5)53-39(65)25-54(8)41(67)27-56(10)43(69)29-58(12)45(71)31-60(14)47(73)33-62(16)49(75)34-63(17)48(74)32-61(15)46(72)30-59(13)44(70)28-57(11)42(68)26-55(9)40(66)20-18-19-38(64)21-22-52(6,7)80-79-24-23-78-51(77)36(3)4;/h35-37H,18-34H2,1-17H3,(H,53,65);1H4/t37-;/m0./s1. The lowest BCUT2D eigenvalue weighted by Gasteiger charge is -2.27. The van der Waals surface area contributed by atoms with E-state index in [0.717, 1.165) is 44.1 Å². The molecule has 0 aliphatic carbocycles. The highest BCUT2D eigenvalue weighted by Gasteiger charge is 2.28. The summed E-state index contributed by atoms with van der Waals surface area (Å²) in [7, 11) is 16.7. The van der Waals surface area contributed by atoms with Gasteiger partial charge >= 0.3 is 5.97 Å². The Labute approximate surface area is 487 Å². The molecule has 0 saturated carbocycles. The summed E-state index contributed by atoms with van der Waals surface area (Å²) in [5.74, 6) is -6.63. The molecular weight excluding hydrogens is 1090 g/mol. The number of likely N-dealkylation sites (N-methyl/N-ethyl adjacent to an activating group) is 10. The maximum absolute atomic E-state index is 13.0. The Morgan fingerprint density at radius 3 is 1.01 bits per heavy atom. The van der Waals surface area contributed by atoms with Crippen LogP contribution in [0, 0.1) is 11.8 Å². The fraction of sp³-hybridized carbons (Fsp3) is 0.736. The van der Waals surface area contributed by atoms with E-state index >= 15 is 0 Å². The maximum atomic E-state index is 13.0. The first-order chi connectivity index (χ1) is 36.9. The fourth-order valence-electron chi connectivity index (χ4n) is 6.65. The SMILES string of the molecule is C.CC(C)C(=O)OCCSSC(C)(C)CCC(=O)CCCC(=O)N(C)CC(=O)N(C)CC(=O)N(C)CC(=O)N(C)CC(=O)N(C)CC(=O)N(C)CC(=O)N(C)CC(=O)N(C)CC(=O)N(C)CC(=O)N(C)CC(=O)N[C@@H](C)C(=O)C(C)C. The predicted molar refractivity (Wildman–Crippen MR) is 309 cm³/mol. The van der Waals surface area contributed by atoms with Gasteiger partial charge in [0.15, 0.2) is 5.78 Å². The molecule has 0 radical (unpaired) electrons. The van der Waals surface area contributed by atoms with Gasteiger partial charge in [0.2, 0.25) is 65.0 Å². The van der Waals surface area contributed by atoms with Crippen LogP contribution in [-0.2, 0) is 71.9 Å². The molecule has 0 heterocycles. The number of carbonyl (C=O) groups is 14. The highest BCUT2D eigenvalue weighted by Crippen LogP contribution is 2.38. The van der Waals surface area contributed by atoms with Crippen LogP contribution in [0.2, 0.25) is 0 Å². The predicted octanol–water partition coefficient (Wildman–Crippen LogP) is -0.185. The average molecular weight is 1190 g/mol. The molecule has 26 nitrogen and oxygen atoms in total. The van der Waals surface area contributed by atoms with Gasteiger partial charge in [0, 0.05) is 106 Å². The molecule has 81 heavy (non-hydrogen) atoms. The second-order valence-corrected chi connectivity index (χ2v) is 24.3. The van der Waals surface area contributed by atoms with E-state index in [1.54, 1.807) is 56.2 Å². The normalized spacial score (nSPS) is 11.2. The minimum atomic E-state index is -0.740. The van der Waals surface area contributed by atoms with Crippen molar-refractivity contribution in [3.63, 3.8) is 0 Å². The van der Waals surface area contributed by atoms with Crippen molar-refractivity contribution in [3.05, 3.63) is 0 Å². The first-order valence-corrected chi connectivity index (χ1v) is 28.4. The molecule has 28 heteroatoms. The van der Waals surface area contributed by atoms with Crippen LogP contribution in [0.1, 0.15) is 88.0 Å². The number of hydrogen-bond donors (Lipinski definition) is 1. The van der Waals surface area contributed by atoms with Crippen molar-refractivity contribution in [2.75, 3.05) is 148 Å². The highest BCUT2D eigenvalue weighted by molar-refractivity contribution is 8.77. The maximum Gasteiger partial charge on any atom is 0.308 e. The van der Waals surface area contributed by atoms with Crippen LogP contribution >= 0.6 is 21.6 Å². The van der Waals surface area contributed by atoms with Gasteiger partial charge in [-0.1, -0.05) is 56.7 Å². The molecule has 1 N–H and O–H groups in total. The van der Waals surface area contributed by atoms with E-state index in [9.17, 15) is 67.1 Å². The van der Waals surface area contributed by atoms with E-state index in [2.05, 4.69) is 5.32 Å². The third-order valence-electron chi connectivity index (χ3n) is 12.4. The molecule has 0 aromatic heterocycles. The summed E-state index contributed by atoms with van der Waals surface area (Å²) in [5.41, 5.74) is 0. The Kier molecular flexibility index (Phi) is 35.7. The largest absolute Gasteiger partial charge is 0.465 e. The van der Waals surface area contributed by atoms with Crippen LogP contribution in [0.3, 0.4) is 0 Å². The molecule has 11 amide bonds. The molecule has 0 rings (SSSR count). The second kappa shape index (κ2) is 37.6. The number of Topliss-reactive ketones (excluding diaryl/α,β-unsaturated/α-hetero) is 2. The smallest absolute Gasteiger partial charge is 0.308 e. The van der Waals surface area contributed by atoms with Crippen LogP contribution < -0.4 is 5.32 Å². The van der Waals surface area contributed by atoms with Gasteiger partial charge in [-0.3, -0.25) is 67.1 Å². The molecule has 0 aromatic carbocycles. The second-order valence-electron chi connectivity index (χ2n) is 21.2. The minimum Gasteiger partial charge on any atom is -0.465 e. The van der Waals surface area contributed by atoms with Crippen LogP contribution in [-0.4, -0.2) is 291 Å². The van der Waals surface area contributed by atoms with E-state index < -0.39 is 117 Å². The number of ether oxygens (including phenoxy) is 1. The van der Waals surface area contributed by atoms with Crippen LogP contribution in [0.4, 0.5) is 0 Å². The Bertz CT molecular complexity index is 2220. The quantitative estimate of drug-likeness (QED) is 0.0483. The topological polar surface area (TPSA) is 293 Å². The van der Waals surface area contributed by atoms with E-state index in [0.29, 0.717) is 31.6 Å². The molecule has 0 spiro atoms. The minimum absolute atomic E-state index is 0. The summed E-state index contributed by atoms with van der Waals surface area (Å²) in [6.07, 6.45) is 1.54. The Hall–Kier alpha value is -6.32. The number of ketones is 2. The van der Waals surface area contributed by atoms with Gasteiger partial charge in [-0.25, -0.2) is 0 Å². The van der Waals surface area contributed by atoms with Crippen LogP contribution in [0.25, 0.3) is 0 Å². The summed E-state index contributed by atoms with van der Waals surface area (Å²) in [4.78, 5) is 189. The Balaban J connectivity index is 0. The highest BCUT2D eigenvalue weighted by atomic mass is 33.1. The average Bonchev–Trinajstić information content (AvgIpc) is 3.36. The monoisotopic (exact) mass is 1190 g/mol. The number of rotatable bonds is 36. The van der Waals surface area contributed by atoms with Gasteiger partial charge in [0.1, 0.15) is 12.4 Å². The molecule has 0 aromatic rings. The zero-order chi connectivity index (χ0) is 61.9.